The molecule has 1 aromatic heterocycles. The number of aryl methyl sites for hydroxylation is 2. The van der Waals surface area contributed by atoms with Crippen molar-refractivity contribution in [3.8, 4) is 5.75 Å². The van der Waals surface area contributed by atoms with E-state index in [1.165, 1.54) is 5.56 Å². The number of nitrogens with two attached hydrogens (primary N) is 1. The van der Waals surface area contributed by atoms with Crippen LogP contribution in [0.4, 0.5) is 0 Å². The lowest BCUT2D eigenvalue weighted by molar-refractivity contribution is 0.398. The molecule has 5 nitrogen and oxygen atoms in total. The molecule has 21 heavy (non-hydrogen) atoms. The molecule has 3 N–H and O–H groups in total. The highest BCUT2D eigenvalue weighted by atomic mass is 79.9. The van der Waals surface area contributed by atoms with Crippen molar-refractivity contribution in [3.63, 3.8) is 0 Å². The van der Waals surface area contributed by atoms with Crippen LogP contribution in [-0.2, 0) is 6.54 Å². The highest BCUT2D eigenvalue weighted by Gasteiger charge is 2.24. The Labute approximate surface area is 133 Å². The zero-order chi connectivity index (χ0) is 15.4. The number of benzene rings is 1. The molecular formula is C15H21BrN4O. The van der Waals surface area contributed by atoms with E-state index in [1.807, 2.05) is 10.7 Å². The summed E-state index contributed by atoms with van der Waals surface area (Å²) in [5.41, 5.74) is 6.07. The average molecular weight is 353 g/mol. The number of halogens is 1. The smallest absolute Gasteiger partial charge is 0.161 e. The van der Waals surface area contributed by atoms with Gasteiger partial charge < -0.3 is 4.74 Å². The normalized spacial score (nSPS) is 12.4. The number of nitrogens with zero attached hydrogens (tertiary/aromatic N) is 2. The summed E-state index contributed by atoms with van der Waals surface area (Å²) in [5.74, 6) is 6.57. The molecule has 2 aromatic rings. The van der Waals surface area contributed by atoms with Crippen molar-refractivity contribution in [2.45, 2.75) is 32.9 Å². The van der Waals surface area contributed by atoms with Gasteiger partial charge in [0, 0.05) is 11.0 Å². The fourth-order valence-electron chi connectivity index (χ4n) is 2.42. The molecule has 0 radical (unpaired) electrons. The molecular weight excluding hydrogens is 332 g/mol. The molecule has 114 valence electrons. The van der Waals surface area contributed by atoms with Crippen molar-refractivity contribution < 1.29 is 4.74 Å². The van der Waals surface area contributed by atoms with Gasteiger partial charge in [0.15, 0.2) is 5.75 Å². The van der Waals surface area contributed by atoms with Gasteiger partial charge in [-0.05, 0) is 25.0 Å². The van der Waals surface area contributed by atoms with Crippen LogP contribution in [0.5, 0.6) is 5.75 Å². The van der Waals surface area contributed by atoms with Crippen molar-refractivity contribution in [3.05, 3.63) is 45.7 Å². The van der Waals surface area contributed by atoms with E-state index in [1.54, 1.807) is 13.3 Å². The van der Waals surface area contributed by atoms with Crippen LogP contribution in [0.25, 0.3) is 0 Å². The first-order valence-electron chi connectivity index (χ1n) is 6.94. The van der Waals surface area contributed by atoms with E-state index in [0.29, 0.717) is 0 Å². The number of hydrazine groups is 1. The van der Waals surface area contributed by atoms with Gasteiger partial charge in [0.05, 0.1) is 19.3 Å². The first kappa shape index (κ1) is 16.0. The number of methoxy groups -OCH3 is 1. The molecule has 0 saturated carbocycles. The first-order chi connectivity index (χ1) is 10.1. The Hall–Kier alpha value is -1.37. The predicted octanol–water partition coefficient (Wildman–Crippen LogP) is 2.93. The summed E-state index contributed by atoms with van der Waals surface area (Å²) in [5, 5.41) is 4.40. The number of rotatable bonds is 6. The van der Waals surface area contributed by atoms with Gasteiger partial charge in [-0.2, -0.15) is 5.10 Å². The number of hydrogen-bond acceptors (Lipinski definition) is 4. The summed E-state index contributed by atoms with van der Waals surface area (Å²) in [4.78, 5) is 0. The molecule has 0 fully saturated rings. The van der Waals surface area contributed by atoms with Crippen molar-refractivity contribution in [1.82, 2.24) is 15.2 Å². The largest absolute Gasteiger partial charge is 0.493 e. The van der Waals surface area contributed by atoms with Crippen LogP contribution in [0.15, 0.2) is 28.9 Å². The van der Waals surface area contributed by atoms with E-state index in [-0.39, 0.29) is 6.04 Å². The van der Waals surface area contributed by atoms with Gasteiger partial charge in [-0.15, -0.1) is 0 Å². The Bertz CT molecular complexity index is 612. The lowest BCUT2D eigenvalue weighted by Gasteiger charge is -2.21. The maximum Gasteiger partial charge on any atom is 0.161 e. The van der Waals surface area contributed by atoms with Gasteiger partial charge in [-0.25, -0.2) is 5.43 Å². The van der Waals surface area contributed by atoms with E-state index < -0.39 is 0 Å². The van der Waals surface area contributed by atoms with E-state index in [0.717, 1.165) is 34.4 Å². The molecule has 0 amide bonds. The minimum Gasteiger partial charge on any atom is -0.493 e. The molecule has 1 unspecified atom stereocenters. The fraction of sp³-hybridized carbons (Fsp3) is 0.400. The van der Waals surface area contributed by atoms with Crippen LogP contribution < -0.4 is 16.0 Å². The standard InChI is InChI=1S/C15H21BrN4O/c1-4-7-20-15(13(21-3)9-18-20)14(19-17)11-8-10(2)5-6-12(11)16/h5-6,8-9,14,19H,4,7,17H2,1-3H3. The third-order valence-electron chi connectivity index (χ3n) is 3.40. The maximum atomic E-state index is 5.84. The van der Waals surface area contributed by atoms with Crippen LogP contribution in [0.1, 0.15) is 36.2 Å². The second-order valence-corrected chi connectivity index (χ2v) is 5.80. The molecule has 2 rings (SSSR count). The van der Waals surface area contributed by atoms with E-state index in [4.69, 9.17) is 10.6 Å². The summed E-state index contributed by atoms with van der Waals surface area (Å²) in [6.07, 6.45) is 2.73. The Kier molecular flexibility index (Phi) is 5.39. The van der Waals surface area contributed by atoms with E-state index in [2.05, 4.69) is 52.4 Å². The van der Waals surface area contributed by atoms with Gasteiger partial charge >= 0.3 is 0 Å². The summed E-state index contributed by atoms with van der Waals surface area (Å²) < 4.78 is 8.40. The Balaban J connectivity index is 2.55. The maximum absolute atomic E-state index is 5.84. The molecule has 0 aliphatic heterocycles. The molecule has 1 atom stereocenters. The predicted molar refractivity (Wildman–Crippen MR) is 87.1 cm³/mol. The lowest BCUT2D eigenvalue weighted by atomic mass is 10.0. The first-order valence-corrected chi connectivity index (χ1v) is 7.73. The third-order valence-corrected chi connectivity index (χ3v) is 4.13. The topological polar surface area (TPSA) is 65.1 Å². The number of hydrogen-bond donors (Lipinski definition) is 2. The van der Waals surface area contributed by atoms with Gasteiger partial charge in [0.25, 0.3) is 0 Å². The molecule has 0 aliphatic carbocycles. The van der Waals surface area contributed by atoms with Crippen LogP contribution in [0.2, 0.25) is 0 Å². The highest BCUT2D eigenvalue weighted by molar-refractivity contribution is 9.10. The second-order valence-electron chi connectivity index (χ2n) is 4.95. The number of ether oxygens (including phenoxy) is 1. The van der Waals surface area contributed by atoms with Gasteiger partial charge in [0.1, 0.15) is 5.69 Å². The van der Waals surface area contributed by atoms with Crippen molar-refractivity contribution in [1.29, 1.82) is 0 Å². The zero-order valence-corrected chi connectivity index (χ0v) is 14.1. The third kappa shape index (κ3) is 3.28. The van der Waals surface area contributed by atoms with Crippen LogP contribution in [-0.4, -0.2) is 16.9 Å². The number of aromatic nitrogens is 2. The Morgan fingerprint density at radius 1 is 1.48 bits per heavy atom. The molecule has 0 bridgehead atoms. The molecule has 0 spiro atoms. The summed E-state index contributed by atoms with van der Waals surface area (Å²) in [6.45, 7) is 5.00. The lowest BCUT2D eigenvalue weighted by Crippen LogP contribution is -2.31. The van der Waals surface area contributed by atoms with Crippen LogP contribution in [0, 0.1) is 6.92 Å². The van der Waals surface area contributed by atoms with Gasteiger partial charge in [-0.1, -0.05) is 40.5 Å². The van der Waals surface area contributed by atoms with Crippen LogP contribution in [0.3, 0.4) is 0 Å². The van der Waals surface area contributed by atoms with Gasteiger partial charge in [-0.3, -0.25) is 10.5 Å². The molecule has 0 saturated heterocycles. The minimum absolute atomic E-state index is 0.191. The summed E-state index contributed by atoms with van der Waals surface area (Å²) in [6, 6.07) is 6.00. The zero-order valence-electron chi connectivity index (χ0n) is 12.6. The van der Waals surface area contributed by atoms with E-state index >= 15 is 0 Å². The van der Waals surface area contributed by atoms with E-state index in [9.17, 15) is 0 Å². The SMILES string of the molecule is CCCn1ncc(OC)c1C(NN)c1cc(C)ccc1Br. The monoisotopic (exact) mass is 352 g/mol. The highest BCUT2D eigenvalue weighted by Crippen LogP contribution is 2.33. The van der Waals surface area contributed by atoms with Crippen LogP contribution >= 0.6 is 15.9 Å². The number of nitrogens with one attached hydrogen (secondary N) is 1. The average Bonchev–Trinajstić information content (AvgIpc) is 2.87. The molecule has 1 aromatic carbocycles. The van der Waals surface area contributed by atoms with Crippen molar-refractivity contribution >= 4 is 15.9 Å². The van der Waals surface area contributed by atoms with Crippen molar-refractivity contribution in [2.75, 3.05) is 7.11 Å². The second kappa shape index (κ2) is 7.06. The fourth-order valence-corrected chi connectivity index (χ4v) is 2.89. The molecule has 1 heterocycles. The summed E-state index contributed by atoms with van der Waals surface area (Å²) in [7, 11) is 1.65. The van der Waals surface area contributed by atoms with Gasteiger partial charge in [0.2, 0.25) is 0 Å². The molecule has 6 heteroatoms. The summed E-state index contributed by atoms with van der Waals surface area (Å²) >= 11 is 3.60. The minimum atomic E-state index is -0.191. The Morgan fingerprint density at radius 3 is 2.86 bits per heavy atom. The quantitative estimate of drug-likeness (QED) is 0.619. The molecule has 0 aliphatic rings. The Morgan fingerprint density at radius 2 is 2.24 bits per heavy atom. The van der Waals surface area contributed by atoms with Crippen molar-refractivity contribution in [2.24, 2.45) is 5.84 Å².